The number of piperazine rings is 1. The number of hydrogen-bond acceptors (Lipinski definition) is 3. The molecular formula is C13H27N3O. The molecule has 1 heterocycles. The van der Waals surface area contributed by atoms with Gasteiger partial charge >= 0.3 is 0 Å². The van der Waals surface area contributed by atoms with Crippen LogP contribution in [0.15, 0.2) is 0 Å². The van der Waals surface area contributed by atoms with E-state index in [-0.39, 0.29) is 5.91 Å². The smallest absolute Gasteiger partial charge is 0.221 e. The maximum Gasteiger partial charge on any atom is 0.221 e. The average molecular weight is 241 g/mol. The number of hydrogen-bond donors (Lipinski definition) is 1. The average Bonchev–Trinajstić information content (AvgIpc) is 2.28. The fourth-order valence-corrected chi connectivity index (χ4v) is 1.92. The summed E-state index contributed by atoms with van der Waals surface area (Å²) in [4.78, 5) is 16.3. The third-order valence-electron chi connectivity index (χ3n) is 3.29. The molecule has 0 bridgehead atoms. The van der Waals surface area contributed by atoms with E-state index in [0.29, 0.717) is 12.3 Å². The lowest BCUT2D eigenvalue weighted by Gasteiger charge is -2.32. The van der Waals surface area contributed by atoms with Gasteiger partial charge in [-0.1, -0.05) is 13.8 Å². The van der Waals surface area contributed by atoms with Gasteiger partial charge in [0.05, 0.1) is 0 Å². The number of amides is 1. The summed E-state index contributed by atoms with van der Waals surface area (Å²) in [7, 11) is 2.15. The van der Waals surface area contributed by atoms with Crippen LogP contribution in [0.2, 0.25) is 0 Å². The monoisotopic (exact) mass is 241 g/mol. The summed E-state index contributed by atoms with van der Waals surface area (Å²) in [6.07, 6.45) is 1.71. The summed E-state index contributed by atoms with van der Waals surface area (Å²) in [5.74, 6) is 0.859. The minimum absolute atomic E-state index is 0.199. The zero-order chi connectivity index (χ0) is 12.7. The third kappa shape index (κ3) is 6.64. The van der Waals surface area contributed by atoms with Crippen LogP contribution in [0.3, 0.4) is 0 Å². The number of carbonyl (C=O) groups excluding carboxylic acids is 1. The van der Waals surface area contributed by atoms with Gasteiger partial charge in [0.15, 0.2) is 0 Å². The van der Waals surface area contributed by atoms with Gasteiger partial charge in [0, 0.05) is 45.7 Å². The van der Waals surface area contributed by atoms with E-state index in [1.165, 1.54) is 0 Å². The van der Waals surface area contributed by atoms with Crippen LogP contribution in [0.1, 0.15) is 26.7 Å². The van der Waals surface area contributed by atoms with E-state index >= 15 is 0 Å². The molecule has 0 aromatic heterocycles. The van der Waals surface area contributed by atoms with Gasteiger partial charge in [-0.3, -0.25) is 4.79 Å². The third-order valence-corrected chi connectivity index (χ3v) is 3.29. The zero-order valence-corrected chi connectivity index (χ0v) is 11.5. The predicted octanol–water partition coefficient (Wildman–Crippen LogP) is 0.786. The molecule has 17 heavy (non-hydrogen) atoms. The molecule has 0 radical (unpaired) electrons. The number of rotatable bonds is 6. The molecule has 1 saturated heterocycles. The quantitative estimate of drug-likeness (QED) is 0.747. The summed E-state index contributed by atoms with van der Waals surface area (Å²) in [5, 5.41) is 2.99. The van der Waals surface area contributed by atoms with Crippen molar-refractivity contribution in [3.63, 3.8) is 0 Å². The molecule has 1 rings (SSSR count). The predicted molar refractivity (Wildman–Crippen MR) is 71.0 cm³/mol. The van der Waals surface area contributed by atoms with Crippen molar-refractivity contribution in [3.05, 3.63) is 0 Å². The Hall–Kier alpha value is -0.610. The normalized spacial score (nSPS) is 18.6. The van der Waals surface area contributed by atoms with Crippen LogP contribution in [-0.4, -0.2) is 62.0 Å². The van der Waals surface area contributed by atoms with E-state index in [1.54, 1.807) is 0 Å². The summed E-state index contributed by atoms with van der Waals surface area (Å²) < 4.78 is 0. The molecule has 1 amide bonds. The van der Waals surface area contributed by atoms with Crippen molar-refractivity contribution in [2.24, 2.45) is 5.92 Å². The first kappa shape index (κ1) is 14.5. The fourth-order valence-electron chi connectivity index (χ4n) is 1.92. The summed E-state index contributed by atoms with van der Waals surface area (Å²) in [6, 6.07) is 0. The minimum atomic E-state index is 0.199. The second-order valence-corrected chi connectivity index (χ2v) is 5.43. The molecule has 0 unspecified atom stereocenters. The minimum Gasteiger partial charge on any atom is -0.356 e. The van der Waals surface area contributed by atoms with Crippen molar-refractivity contribution in [3.8, 4) is 0 Å². The van der Waals surface area contributed by atoms with E-state index in [0.717, 1.165) is 45.7 Å². The van der Waals surface area contributed by atoms with Crippen LogP contribution in [0.5, 0.6) is 0 Å². The first-order valence-electron chi connectivity index (χ1n) is 6.75. The highest BCUT2D eigenvalue weighted by atomic mass is 16.1. The Kier molecular flexibility index (Phi) is 6.52. The second kappa shape index (κ2) is 7.67. The van der Waals surface area contributed by atoms with Crippen LogP contribution >= 0.6 is 0 Å². The summed E-state index contributed by atoms with van der Waals surface area (Å²) in [5.41, 5.74) is 0. The molecule has 1 aliphatic heterocycles. The highest BCUT2D eigenvalue weighted by molar-refractivity contribution is 5.75. The van der Waals surface area contributed by atoms with Crippen molar-refractivity contribution in [2.45, 2.75) is 26.7 Å². The lowest BCUT2D eigenvalue weighted by molar-refractivity contribution is -0.121. The van der Waals surface area contributed by atoms with Gasteiger partial charge in [-0.15, -0.1) is 0 Å². The Balaban J connectivity index is 2.03. The lowest BCUT2D eigenvalue weighted by Crippen LogP contribution is -2.45. The van der Waals surface area contributed by atoms with Crippen molar-refractivity contribution in [2.75, 3.05) is 46.3 Å². The molecule has 4 heteroatoms. The second-order valence-electron chi connectivity index (χ2n) is 5.43. The van der Waals surface area contributed by atoms with E-state index in [9.17, 15) is 4.79 Å². The van der Waals surface area contributed by atoms with E-state index in [4.69, 9.17) is 0 Å². The van der Waals surface area contributed by atoms with Gasteiger partial charge in [-0.2, -0.15) is 0 Å². The molecule has 4 nitrogen and oxygen atoms in total. The van der Waals surface area contributed by atoms with Crippen LogP contribution in [0, 0.1) is 5.92 Å². The topological polar surface area (TPSA) is 35.6 Å². The van der Waals surface area contributed by atoms with E-state index in [1.807, 2.05) is 0 Å². The Morgan fingerprint density at radius 2 is 1.88 bits per heavy atom. The maximum atomic E-state index is 11.6. The van der Waals surface area contributed by atoms with Crippen LogP contribution in [0.25, 0.3) is 0 Å². The molecule has 0 spiro atoms. The summed E-state index contributed by atoms with van der Waals surface area (Å²) >= 11 is 0. The molecule has 1 aliphatic rings. The van der Waals surface area contributed by atoms with Crippen molar-refractivity contribution < 1.29 is 4.79 Å². The van der Waals surface area contributed by atoms with Gasteiger partial charge in [0.1, 0.15) is 0 Å². The molecule has 0 aromatic rings. The Morgan fingerprint density at radius 1 is 1.24 bits per heavy atom. The van der Waals surface area contributed by atoms with Gasteiger partial charge in [-0.25, -0.2) is 0 Å². The lowest BCUT2D eigenvalue weighted by atomic mass is 10.1. The van der Waals surface area contributed by atoms with Crippen LogP contribution < -0.4 is 5.32 Å². The molecule has 0 aromatic carbocycles. The van der Waals surface area contributed by atoms with E-state index in [2.05, 4.69) is 36.0 Å². The van der Waals surface area contributed by atoms with Gasteiger partial charge in [0.2, 0.25) is 5.91 Å². The highest BCUT2D eigenvalue weighted by Crippen LogP contribution is 2.00. The van der Waals surface area contributed by atoms with Crippen molar-refractivity contribution in [1.29, 1.82) is 0 Å². The Morgan fingerprint density at radius 3 is 2.47 bits per heavy atom. The van der Waals surface area contributed by atoms with Gasteiger partial charge in [0.25, 0.3) is 0 Å². The van der Waals surface area contributed by atoms with Crippen LogP contribution in [0.4, 0.5) is 0 Å². The van der Waals surface area contributed by atoms with Gasteiger partial charge in [-0.05, 0) is 19.4 Å². The molecule has 1 fully saturated rings. The Labute approximate surface area is 105 Å². The molecule has 100 valence electrons. The molecular weight excluding hydrogens is 214 g/mol. The van der Waals surface area contributed by atoms with E-state index < -0.39 is 0 Å². The number of carbonyl (C=O) groups is 1. The summed E-state index contributed by atoms with van der Waals surface area (Å²) in [6.45, 7) is 10.5. The first-order chi connectivity index (χ1) is 8.08. The molecule has 0 atom stereocenters. The molecule has 1 N–H and O–H groups in total. The SMILES string of the molecule is CC(C)CCNC(=O)CCN1CCN(C)CC1. The highest BCUT2D eigenvalue weighted by Gasteiger charge is 2.14. The number of nitrogens with zero attached hydrogens (tertiary/aromatic N) is 2. The van der Waals surface area contributed by atoms with Crippen molar-refractivity contribution >= 4 is 5.91 Å². The zero-order valence-electron chi connectivity index (χ0n) is 11.5. The molecule has 0 saturated carbocycles. The fraction of sp³-hybridized carbons (Fsp3) is 0.923. The number of likely N-dealkylation sites (N-methyl/N-ethyl adjacent to an activating group) is 1. The molecule has 0 aliphatic carbocycles. The largest absolute Gasteiger partial charge is 0.356 e. The van der Waals surface area contributed by atoms with Crippen LogP contribution in [-0.2, 0) is 4.79 Å². The van der Waals surface area contributed by atoms with Crippen molar-refractivity contribution in [1.82, 2.24) is 15.1 Å². The van der Waals surface area contributed by atoms with Gasteiger partial charge < -0.3 is 15.1 Å². The first-order valence-corrected chi connectivity index (χ1v) is 6.75. The standard InChI is InChI=1S/C13H27N3O/c1-12(2)4-6-14-13(17)5-7-16-10-8-15(3)9-11-16/h12H,4-11H2,1-3H3,(H,14,17). The maximum absolute atomic E-state index is 11.6. The Bertz CT molecular complexity index is 223. The number of nitrogens with one attached hydrogen (secondary N) is 1.